The van der Waals surface area contributed by atoms with Gasteiger partial charge in [-0.15, -0.1) is 6.58 Å². The van der Waals surface area contributed by atoms with Crippen LogP contribution in [0, 0.1) is 11.3 Å². The standard InChI is InChI=1S/C11H18O3/c1-3-11(2,10(12)13)8-9-4-6-14-7-5-9/h3,9H,1,4-8H2,2H3,(H,12,13). The third-order valence-electron chi connectivity index (χ3n) is 2.99. The molecule has 0 spiro atoms. The van der Waals surface area contributed by atoms with Crippen molar-refractivity contribution in [2.75, 3.05) is 13.2 Å². The van der Waals surface area contributed by atoms with Gasteiger partial charge in [-0.2, -0.15) is 0 Å². The van der Waals surface area contributed by atoms with Crippen LogP contribution in [-0.2, 0) is 9.53 Å². The minimum absolute atomic E-state index is 0.461. The number of hydrogen-bond donors (Lipinski definition) is 1. The van der Waals surface area contributed by atoms with E-state index in [0.717, 1.165) is 26.1 Å². The maximum absolute atomic E-state index is 11.0. The highest BCUT2D eigenvalue weighted by Crippen LogP contribution is 2.32. The van der Waals surface area contributed by atoms with Gasteiger partial charge in [0.25, 0.3) is 0 Å². The van der Waals surface area contributed by atoms with Crippen LogP contribution in [0.4, 0.5) is 0 Å². The molecule has 1 heterocycles. The zero-order valence-electron chi connectivity index (χ0n) is 8.66. The molecule has 0 bridgehead atoms. The zero-order valence-corrected chi connectivity index (χ0v) is 8.66. The highest BCUT2D eigenvalue weighted by atomic mass is 16.5. The minimum atomic E-state index is -0.779. The minimum Gasteiger partial charge on any atom is -0.481 e. The van der Waals surface area contributed by atoms with Gasteiger partial charge >= 0.3 is 5.97 Å². The second kappa shape index (κ2) is 4.60. The van der Waals surface area contributed by atoms with Crippen molar-refractivity contribution in [3.8, 4) is 0 Å². The fourth-order valence-corrected chi connectivity index (χ4v) is 1.81. The van der Waals surface area contributed by atoms with Gasteiger partial charge in [-0.3, -0.25) is 4.79 Å². The first-order valence-electron chi connectivity index (χ1n) is 5.03. The molecule has 1 unspecified atom stereocenters. The SMILES string of the molecule is C=CC(C)(CC1CCOCC1)C(=O)O. The van der Waals surface area contributed by atoms with Gasteiger partial charge in [0, 0.05) is 13.2 Å². The zero-order chi connectivity index (χ0) is 10.6. The lowest BCUT2D eigenvalue weighted by Gasteiger charge is -2.29. The van der Waals surface area contributed by atoms with E-state index in [-0.39, 0.29) is 0 Å². The fourth-order valence-electron chi connectivity index (χ4n) is 1.81. The molecule has 3 heteroatoms. The first-order chi connectivity index (χ1) is 6.58. The molecule has 1 fully saturated rings. The van der Waals surface area contributed by atoms with Crippen molar-refractivity contribution in [3.05, 3.63) is 12.7 Å². The second-order valence-corrected chi connectivity index (χ2v) is 4.19. The third-order valence-corrected chi connectivity index (χ3v) is 2.99. The molecule has 0 amide bonds. The van der Waals surface area contributed by atoms with Gasteiger partial charge < -0.3 is 9.84 Å². The van der Waals surface area contributed by atoms with Gasteiger partial charge in [0.2, 0.25) is 0 Å². The van der Waals surface area contributed by atoms with Crippen molar-refractivity contribution in [2.24, 2.45) is 11.3 Å². The number of carbonyl (C=O) groups is 1. The number of hydrogen-bond acceptors (Lipinski definition) is 2. The largest absolute Gasteiger partial charge is 0.481 e. The Hall–Kier alpha value is -0.830. The van der Waals surface area contributed by atoms with Gasteiger partial charge in [-0.05, 0) is 32.1 Å². The molecule has 1 aliphatic heterocycles. The predicted octanol–water partition coefficient (Wildman–Crippen LogP) is 2.08. The Morgan fingerprint density at radius 2 is 2.21 bits per heavy atom. The number of ether oxygens (including phenoxy) is 1. The smallest absolute Gasteiger partial charge is 0.313 e. The highest BCUT2D eigenvalue weighted by Gasteiger charge is 2.33. The van der Waals surface area contributed by atoms with Crippen LogP contribution in [0.1, 0.15) is 26.2 Å². The third kappa shape index (κ3) is 2.58. The second-order valence-electron chi connectivity index (χ2n) is 4.19. The summed E-state index contributed by atoms with van der Waals surface area (Å²) in [5.41, 5.74) is -0.776. The summed E-state index contributed by atoms with van der Waals surface area (Å²) in [6, 6.07) is 0. The van der Waals surface area contributed by atoms with Crippen LogP contribution in [0.15, 0.2) is 12.7 Å². The summed E-state index contributed by atoms with van der Waals surface area (Å²) in [4.78, 5) is 11.0. The molecule has 14 heavy (non-hydrogen) atoms. The van der Waals surface area contributed by atoms with E-state index in [0.29, 0.717) is 12.3 Å². The summed E-state index contributed by atoms with van der Waals surface area (Å²) in [6.07, 6.45) is 4.16. The summed E-state index contributed by atoms with van der Waals surface area (Å²) in [7, 11) is 0. The van der Waals surface area contributed by atoms with Crippen LogP contribution < -0.4 is 0 Å². The molecule has 0 radical (unpaired) electrons. The van der Waals surface area contributed by atoms with Gasteiger partial charge in [0.05, 0.1) is 5.41 Å². The normalized spacial score (nSPS) is 22.6. The summed E-state index contributed by atoms with van der Waals surface area (Å²) >= 11 is 0. The van der Waals surface area contributed by atoms with Gasteiger partial charge in [0.1, 0.15) is 0 Å². The van der Waals surface area contributed by atoms with E-state index in [4.69, 9.17) is 9.84 Å². The molecule has 1 atom stereocenters. The topological polar surface area (TPSA) is 46.5 Å². The number of rotatable bonds is 4. The lowest BCUT2D eigenvalue weighted by atomic mass is 9.78. The maximum atomic E-state index is 11.0. The molecule has 0 aromatic heterocycles. The Balaban J connectivity index is 2.54. The van der Waals surface area contributed by atoms with E-state index in [1.807, 2.05) is 0 Å². The van der Waals surface area contributed by atoms with Crippen molar-refractivity contribution in [2.45, 2.75) is 26.2 Å². The molecule has 0 aromatic rings. The first-order valence-corrected chi connectivity index (χ1v) is 5.03. The molecule has 1 aliphatic rings. The highest BCUT2D eigenvalue weighted by molar-refractivity contribution is 5.76. The van der Waals surface area contributed by atoms with Crippen molar-refractivity contribution in [1.29, 1.82) is 0 Å². The van der Waals surface area contributed by atoms with Gasteiger partial charge in [0.15, 0.2) is 0 Å². The maximum Gasteiger partial charge on any atom is 0.313 e. The van der Waals surface area contributed by atoms with E-state index in [1.54, 1.807) is 13.0 Å². The number of carboxylic acid groups (broad SMARTS) is 1. The van der Waals surface area contributed by atoms with Crippen LogP contribution in [0.25, 0.3) is 0 Å². The van der Waals surface area contributed by atoms with Crippen LogP contribution in [0.2, 0.25) is 0 Å². The van der Waals surface area contributed by atoms with Crippen molar-refractivity contribution < 1.29 is 14.6 Å². The van der Waals surface area contributed by atoms with Crippen molar-refractivity contribution in [3.63, 3.8) is 0 Å². The molecular formula is C11H18O3. The molecule has 0 aromatic carbocycles. The summed E-state index contributed by atoms with van der Waals surface area (Å²) in [5.74, 6) is -0.318. The Morgan fingerprint density at radius 1 is 1.64 bits per heavy atom. The molecule has 1 N–H and O–H groups in total. The average Bonchev–Trinajstić information content (AvgIpc) is 2.19. The lowest BCUT2D eigenvalue weighted by Crippen LogP contribution is -2.30. The van der Waals surface area contributed by atoms with E-state index >= 15 is 0 Å². The number of aliphatic carboxylic acids is 1. The van der Waals surface area contributed by atoms with E-state index in [1.165, 1.54) is 0 Å². The van der Waals surface area contributed by atoms with E-state index < -0.39 is 11.4 Å². The van der Waals surface area contributed by atoms with E-state index in [9.17, 15) is 4.79 Å². The Morgan fingerprint density at radius 3 is 2.64 bits per heavy atom. The fraction of sp³-hybridized carbons (Fsp3) is 0.727. The van der Waals surface area contributed by atoms with Crippen LogP contribution in [-0.4, -0.2) is 24.3 Å². The Labute approximate surface area is 84.8 Å². The van der Waals surface area contributed by atoms with Crippen LogP contribution >= 0.6 is 0 Å². The first kappa shape index (κ1) is 11.2. The quantitative estimate of drug-likeness (QED) is 0.703. The molecular weight excluding hydrogens is 180 g/mol. The monoisotopic (exact) mass is 198 g/mol. The Bertz CT molecular complexity index is 219. The van der Waals surface area contributed by atoms with E-state index in [2.05, 4.69) is 6.58 Å². The predicted molar refractivity (Wildman–Crippen MR) is 54.1 cm³/mol. The Kier molecular flexibility index (Phi) is 3.69. The van der Waals surface area contributed by atoms with Gasteiger partial charge in [-0.1, -0.05) is 6.08 Å². The number of carboxylic acids is 1. The summed E-state index contributed by atoms with van der Waals surface area (Å²) < 4.78 is 5.24. The van der Waals surface area contributed by atoms with Crippen LogP contribution in [0.5, 0.6) is 0 Å². The summed E-state index contributed by atoms with van der Waals surface area (Å²) in [5, 5.41) is 9.06. The lowest BCUT2D eigenvalue weighted by molar-refractivity contribution is -0.146. The molecule has 0 saturated carbocycles. The van der Waals surface area contributed by atoms with Gasteiger partial charge in [-0.25, -0.2) is 0 Å². The molecule has 0 aliphatic carbocycles. The molecule has 1 rings (SSSR count). The molecule has 3 nitrogen and oxygen atoms in total. The summed E-state index contributed by atoms with van der Waals surface area (Å²) in [6.45, 7) is 6.86. The average molecular weight is 198 g/mol. The molecule has 1 saturated heterocycles. The van der Waals surface area contributed by atoms with Crippen LogP contribution in [0.3, 0.4) is 0 Å². The molecule has 80 valence electrons. The van der Waals surface area contributed by atoms with Crippen molar-refractivity contribution >= 4 is 5.97 Å². The van der Waals surface area contributed by atoms with Crippen molar-refractivity contribution in [1.82, 2.24) is 0 Å².